The van der Waals surface area contributed by atoms with E-state index in [1.807, 2.05) is 0 Å². The van der Waals surface area contributed by atoms with E-state index in [9.17, 15) is 0 Å². The van der Waals surface area contributed by atoms with Crippen LogP contribution in [0.25, 0.3) is 0 Å². The number of nitrogens with two attached hydrogens (primary N) is 1. The summed E-state index contributed by atoms with van der Waals surface area (Å²) in [7, 11) is 0. The lowest BCUT2D eigenvalue weighted by atomic mass is 9.89. The molecular weight excluding hydrogens is 236 g/mol. The van der Waals surface area contributed by atoms with Crippen molar-refractivity contribution in [3.05, 3.63) is 29.3 Å². The van der Waals surface area contributed by atoms with Gasteiger partial charge in [0.25, 0.3) is 0 Å². The van der Waals surface area contributed by atoms with Crippen molar-refractivity contribution in [3.8, 4) is 5.75 Å². The second-order valence-electron chi connectivity index (χ2n) is 6.19. The van der Waals surface area contributed by atoms with Crippen LogP contribution in [-0.4, -0.2) is 30.1 Å². The maximum Gasteiger partial charge on any atom is 0.122 e. The summed E-state index contributed by atoms with van der Waals surface area (Å²) in [5.41, 5.74) is 9.21. The van der Waals surface area contributed by atoms with Crippen LogP contribution in [0.4, 0.5) is 0 Å². The molecule has 1 saturated heterocycles. The first-order valence-electron chi connectivity index (χ1n) is 7.60. The number of ether oxygens (including phenoxy) is 1. The van der Waals surface area contributed by atoms with Crippen molar-refractivity contribution < 1.29 is 4.74 Å². The fourth-order valence-electron chi connectivity index (χ4n) is 3.70. The smallest absolute Gasteiger partial charge is 0.122 e. The SMILES string of the molecule is NC1CCCN(C2CC2)C1c1ccc2c(c1)CCO2. The van der Waals surface area contributed by atoms with E-state index >= 15 is 0 Å². The van der Waals surface area contributed by atoms with Crippen molar-refractivity contribution in [2.45, 2.75) is 50.2 Å². The monoisotopic (exact) mass is 258 g/mol. The second-order valence-corrected chi connectivity index (χ2v) is 6.19. The predicted octanol–water partition coefficient (Wildman–Crippen LogP) is 2.25. The van der Waals surface area contributed by atoms with Gasteiger partial charge in [-0.15, -0.1) is 0 Å². The molecule has 3 aliphatic rings. The average Bonchev–Trinajstić information content (AvgIpc) is 3.16. The Balaban J connectivity index is 1.67. The topological polar surface area (TPSA) is 38.5 Å². The highest BCUT2D eigenvalue weighted by atomic mass is 16.5. The Hall–Kier alpha value is -1.06. The molecule has 2 unspecified atom stereocenters. The molecule has 1 aromatic carbocycles. The number of rotatable bonds is 2. The Labute approximate surface area is 114 Å². The van der Waals surface area contributed by atoms with Crippen LogP contribution in [0.15, 0.2) is 18.2 Å². The van der Waals surface area contributed by atoms with Crippen LogP contribution in [0, 0.1) is 0 Å². The summed E-state index contributed by atoms with van der Waals surface area (Å²) in [4.78, 5) is 2.66. The highest BCUT2D eigenvalue weighted by molar-refractivity contribution is 5.41. The number of piperidine rings is 1. The molecule has 0 radical (unpaired) electrons. The molecule has 2 atom stereocenters. The van der Waals surface area contributed by atoms with Gasteiger partial charge >= 0.3 is 0 Å². The summed E-state index contributed by atoms with van der Waals surface area (Å²) < 4.78 is 5.61. The summed E-state index contributed by atoms with van der Waals surface area (Å²) in [5.74, 6) is 1.08. The lowest BCUT2D eigenvalue weighted by molar-refractivity contribution is 0.120. The summed E-state index contributed by atoms with van der Waals surface area (Å²) >= 11 is 0. The number of benzene rings is 1. The number of hydrogen-bond acceptors (Lipinski definition) is 3. The van der Waals surface area contributed by atoms with Crippen molar-refractivity contribution >= 4 is 0 Å². The lowest BCUT2D eigenvalue weighted by Gasteiger charge is -2.40. The summed E-state index contributed by atoms with van der Waals surface area (Å²) in [6.45, 7) is 2.05. The molecule has 1 aromatic rings. The van der Waals surface area contributed by atoms with Gasteiger partial charge in [-0.25, -0.2) is 0 Å². The molecule has 4 rings (SSSR count). The first-order valence-corrected chi connectivity index (χ1v) is 7.60. The molecule has 19 heavy (non-hydrogen) atoms. The van der Waals surface area contributed by atoms with Crippen LogP contribution >= 0.6 is 0 Å². The van der Waals surface area contributed by atoms with E-state index in [-0.39, 0.29) is 6.04 Å². The van der Waals surface area contributed by atoms with Gasteiger partial charge in [0.2, 0.25) is 0 Å². The first kappa shape index (κ1) is 11.7. The molecule has 3 nitrogen and oxygen atoms in total. The fraction of sp³-hybridized carbons (Fsp3) is 0.625. The Kier molecular flexibility index (Phi) is 2.78. The Bertz CT molecular complexity index is 484. The number of likely N-dealkylation sites (tertiary alicyclic amines) is 1. The average molecular weight is 258 g/mol. The molecule has 2 N–H and O–H groups in total. The lowest BCUT2D eigenvalue weighted by Crippen LogP contribution is -2.46. The van der Waals surface area contributed by atoms with Gasteiger partial charge in [0.05, 0.1) is 12.6 Å². The second kappa shape index (κ2) is 4.50. The van der Waals surface area contributed by atoms with Crippen LogP contribution in [0.5, 0.6) is 5.75 Å². The normalized spacial score (nSPS) is 31.0. The van der Waals surface area contributed by atoms with E-state index in [0.717, 1.165) is 31.2 Å². The zero-order valence-corrected chi connectivity index (χ0v) is 11.3. The van der Waals surface area contributed by atoms with E-state index < -0.39 is 0 Å². The molecule has 0 amide bonds. The third-order valence-corrected chi connectivity index (χ3v) is 4.79. The minimum absolute atomic E-state index is 0.287. The minimum Gasteiger partial charge on any atom is -0.493 e. The van der Waals surface area contributed by atoms with Gasteiger partial charge in [0.15, 0.2) is 0 Å². The third kappa shape index (κ3) is 2.05. The Morgan fingerprint density at radius 1 is 1.21 bits per heavy atom. The molecule has 1 saturated carbocycles. The van der Waals surface area contributed by atoms with Gasteiger partial charge in [-0.2, -0.15) is 0 Å². The van der Waals surface area contributed by atoms with Crippen LogP contribution in [0.2, 0.25) is 0 Å². The van der Waals surface area contributed by atoms with Crippen LogP contribution in [0.3, 0.4) is 0 Å². The number of nitrogens with zero attached hydrogens (tertiary/aromatic N) is 1. The number of fused-ring (bicyclic) bond motifs is 1. The molecule has 2 fully saturated rings. The van der Waals surface area contributed by atoms with E-state index in [0.29, 0.717) is 6.04 Å². The predicted molar refractivity (Wildman–Crippen MR) is 75.3 cm³/mol. The Morgan fingerprint density at radius 3 is 2.95 bits per heavy atom. The zero-order chi connectivity index (χ0) is 12.8. The van der Waals surface area contributed by atoms with Crippen LogP contribution in [-0.2, 0) is 6.42 Å². The standard InChI is InChI=1S/C16H22N2O/c17-14-2-1-8-18(13-4-5-13)16(14)12-3-6-15-11(10-12)7-9-19-15/h3,6,10,13-14,16H,1-2,4-5,7-9,17H2. The molecular formula is C16H22N2O. The largest absolute Gasteiger partial charge is 0.493 e. The van der Waals surface area contributed by atoms with Crippen molar-refractivity contribution in [1.82, 2.24) is 4.90 Å². The van der Waals surface area contributed by atoms with Crippen molar-refractivity contribution in [2.24, 2.45) is 5.73 Å². The molecule has 0 aromatic heterocycles. The van der Waals surface area contributed by atoms with E-state index in [1.54, 1.807) is 0 Å². The molecule has 0 spiro atoms. The third-order valence-electron chi connectivity index (χ3n) is 4.79. The Morgan fingerprint density at radius 2 is 2.11 bits per heavy atom. The fourth-order valence-corrected chi connectivity index (χ4v) is 3.70. The highest BCUT2D eigenvalue weighted by Crippen LogP contribution is 2.40. The molecule has 3 heteroatoms. The van der Waals surface area contributed by atoms with Gasteiger partial charge in [-0.05, 0) is 49.4 Å². The summed E-state index contributed by atoms with van der Waals surface area (Å²) in [6, 6.07) is 8.22. The summed E-state index contributed by atoms with van der Waals surface area (Å²) in [5, 5.41) is 0. The molecule has 2 heterocycles. The van der Waals surface area contributed by atoms with E-state index in [1.165, 1.54) is 36.9 Å². The summed E-state index contributed by atoms with van der Waals surface area (Å²) in [6.07, 6.45) is 6.17. The quantitative estimate of drug-likeness (QED) is 0.884. The van der Waals surface area contributed by atoms with Crippen LogP contribution in [0.1, 0.15) is 42.9 Å². The molecule has 0 bridgehead atoms. The molecule has 1 aliphatic carbocycles. The van der Waals surface area contributed by atoms with Gasteiger partial charge in [0, 0.05) is 18.5 Å². The van der Waals surface area contributed by atoms with Gasteiger partial charge in [-0.3, -0.25) is 4.90 Å². The van der Waals surface area contributed by atoms with Crippen molar-refractivity contribution in [3.63, 3.8) is 0 Å². The first-order chi connectivity index (χ1) is 9.33. The van der Waals surface area contributed by atoms with Crippen molar-refractivity contribution in [1.29, 1.82) is 0 Å². The van der Waals surface area contributed by atoms with Crippen LogP contribution < -0.4 is 10.5 Å². The van der Waals surface area contributed by atoms with Gasteiger partial charge in [-0.1, -0.05) is 12.1 Å². The maximum atomic E-state index is 6.44. The van der Waals surface area contributed by atoms with Gasteiger partial charge in [0.1, 0.15) is 5.75 Å². The van der Waals surface area contributed by atoms with E-state index in [2.05, 4.69) is 23.1 Å². The van der Waals surface area contributed by atoms with Gasteiger partial charge < -0.3 is 10.5 Å². The minimum atomic E-state index is 0.287. The molecule has 2 aliphatic heterocycles. The number of hydrogen-bond donors (Lipinski definition) is 1. The molecule has 102 valence electrons. The van der Waals surface area contributed by atoms with Crippen molar-refractivity contribution in [2.75, 3.05) is 13.2 Å². The van der Waals surface area contributed by atoms with E-state index in [4.69, 9.17) is 10.5 Å². The highest BCUT2D eigenvalue weighted by Gasteiger charge is 2.39. The maximum absolute atomic E-state index is 6.44. The zero-order valence-electron chi connectivity index (χ0n) is 11.3.